The van der Waals surface area contributed by atoms with Gasteiger partial charge in [-0.15, -0.1) is 0 Å². The van der Waals surface area contributed by atoms with Gasteiger partial charge in [0, 0.05) is 0 Å². The molecule has 13 heavy (non-hydrogen) atoms. The maximum atomic E-state index is 10.2. The Hall–Kier alpha value is -0.0800. The molecule has 3 atom stereocenters. The van der Waals surface area contributed by atoms with Gasteiger partial charge in [-0.05, 0) is 44.6 Å². The molecule has 0 aliphatic heterocycles. The average Bonchev–Trinajstić information content (AvgIpc) is 2.04. The summed E-state index contributed by atoms with van der Waals surface area (Å²) in [6.45, 7) is 4.82. The summed E-state index contributed by atoms with van der Waals surface area (Å²) in [5.74, 6) is 1.25. The van der Waals surface area contributed by atoms with Crippen LogP contribution in [0, 0.1) is 11.8 Å². The third kappa shape index (κ3) is 2.96. The average molecular weight is 185 g/mol. The van der Waals surface area contributed by atoms with Crippen LogP contribution in [0.25, 0.3) is 0 Å². The molecular formula is C11H23NO. The van der Waals surface area contributed by atoms with Gasteiger partial charge in [-0.1, -0.05) is 19.8 Å². The van der Waals surface area contributed by atoms with E-state index in [0.29, 0.717) is 12.5 Å². The molecule has 2 heteroatoms. The Morgan fingerprint density at radius 2 is 2.15 bits per heavy atom. The minimum atomic E-state index is -0.524. The Morgan fingerprint density at radius 3 is 2.69 bits per heavy atom. The van der Waals surface area contributed by atoms with Crippen LogP contribution < -0.4 is 5.73 Å². The number of rotatable bonds is 3. The molecule has 1 fully saturated rings. The SMILES string of the molecule is CC1CCCC(C(C)(O)CCN)C1. The summed E-state index contributed by atoms with van der Waals surface area (Å²) in [6.07, 6.45) is 5.69. The van der Waals surface area contributed by atoms with Crippen LogP contribution in [0.1, 0.15) is 46.0 Å². The number of hydrogen-bond acceptors (Lipinski definition) is 2. The van der Waals surface area contributed by atoms with Crippen molar-refractivity contribution in [3.05, 3.63) is 0 Å². The van der Waals surface area contributed by atoms with Crippen LogP contribution in [-0.4, -0.2) is 17.3 Å². The summed E-state index contributed by atoms with van der Waals surface area (Å²) in [5, 5.41) is 10.2. The number of hydrogen-bond donors (Lipinski definition) is 2. The first-order chi connectivity index (χ1) is 6.06. The summed E-state index contributed by atoms with van der Waals surface area (Å²) in [5.41, 5.74) is 4.97. The van der Waals surface area contributed by atoms with Gasteiger partial charge in [0.1, 0.15) is 0 Å². The Labute approximate surface area is 81.5 Å². The van der Waals surface area contributed by atoms with Crippen LogP contribution in [0.15, 0.2) is 0 Å². The van der Waals surface area contributed by atoms with Gasteiger partial charge in [-0.25, -0.2) is 0 Å². The van der Waals surface area contributed by atoms with Crippen LogP contribution in [0.4, 0.5) is 0 Å². The van der Waals surface area contributed by atoms with E-state index in [1.54, 1.807) is 0 Å². The van der Waals surface area contributed by atoms with Gasteiger partial charge in [0.25, 0.3) is 0 Å². The molecule has 0 spiro atoms. The largest absolute Gasteiger partial charge is 0.390 e. The van der Waals surface area contributed by atoms with Crippen LogP contribution >= 0.6 is 0 Å². The molecule has 0 bridgehead atoms. The second-order valence-electron chi connectivity index (χ2n) is 4.86. The predicted molar refractivity (Wildman–Crippen MR) is 55.4 cm³/mol. The standard InChI is InChI=1S/C11H23NO/c1-9-4-3-5-10(8-9)11(2,13)6-7-12/h9-10,13H,3-8,12H2,1-2H3. The van der Waals surface area contributed by atoms with E-state index in [-0.39, 0.29) is 0 Å². The van der Waals surface area contributed by atoms with Gasteiger partial charge < -0.3 is 10.8 Å². The van der Waals surface area contributed by atoms with E-state index in [2.05, 4.69) is 6.92 Å². The van der Waals surface area contributed by atoms with Gasteiger partial charge in [0.05, 0.1) is 5.60 Å². The second-order valence-corrected chi connectivity index (χ2v) is 4.86. The molecule has 0 radical (unpaired) electrons. The van der Waals surface area contributed by atoms with Gasteiger partial charge in [-0.3, -0.25) is 0 Å². The molecule has 0 aromatic rings. The van der Waals surface area contributed by atoms with Crippen molar-refractivity contribution in [2.45, 2.75) is 51.6 Å². The van der Waals surface area contributed by atoms with Crippen LogP contribution in [0.2, 0.25) is 0 Å². The summed E-state index contributed by atoms with van der Waals surface area (Å²) in [7, 11) is 0. The highest BCUT2D eigenvalue weighted by molar-refractivity contribution is 4.86. The highest BCUT2D eigenvalue weighted by Gasteiger charge is 2.33. The Morgan fingerprint density at radius 1 is 1.46 bits per heavy atom. The summed E-state index contributed by atoms with van der Waals surface area (Å²) < 4.78 is 0. The number of aliphatic hydroxyl groups is 1. The van der Waals surface area contributed by atoms with Crippen LogP contribution in [0.3, 0.4) is 0 Å². The van der Waals surface area contributed by atoms with E-state index in [4.69, 9.17) is 5.73 Å². The summed E-state index contributed by atoms with van der Waals surface area (Å²) in [6, 6.07) is 0. The summed E-state index contributed by atoms with van der Waals surface area (Å²) in [4.78, 5) is 0. The van der Waals surface area contributed by atoms with Crippen molar-refractivity contribution in [2.24, 2.45) is 17.6 Å². The zero-order chi connectivity index (χ0) is 9.90. The van der Waals surface area contributed by atoms with E-state index in [9.17, 15) is 5.11 Å². The molecule has 1 aliphatic carbocycles. The number of nitrogens with two attached hydrogens (primary N) is 1. The first-order valence-corrected chi connectivity index (χ1v) is 5.48. The van der Waals surface area contributed by atoms with Crippen molar-refractivity contribution in [3.63, 3.8) is 0 Å². The second kappa shape index (κ2) is 4.43. The van der Waals surface area contributed by atoms with Crippen molar-refractivity contribution in [1.29, 1.82) is 0 Å². The lowest BCUT2D eigenvalue weighted by Gasteiger charge is -2.37. The zero-order valence-corrected chi connectivity index (χ0v) is 8.92. The lowest BCUT2D eigenvalue weighted by Crippen LogP contribution is -2.39. The van der Waals surface area contributed by atoms with Gasteiger partial charge >= 0.3 is 0 Å². The lowest BCUT2D eigenvalue weighted by molar-refractivity contribution is -0.0289. The molecule has 0 amide bonds. The van der Waals surface area contributed by atoms with Gasteiger partial charge in [0.15, 0.2) is 0 Å². The minimum Gasteiger partial charge on any atom is -0.390 e. The van der Waals surface area contributed by atoms with Crippen molar-refractivity contribution >= 4 is 0 Å². The van der Waals surface area contributed by atoms with Crippen molar-refractivity contribution < 1.29 is 5.11 Å². The molecule has 0 saturated heterocycles. The molecule has 1 rings (SSSR count). The van der Waals surface area contributed by atoms with Crippen molar-refractivity contribution in [2.75, 3.05) is 6.54 Å². The quantitative estimate of drug-likeness (QED) is 0.705. The zero-order valence-electron chi connectivity index (χ0n) is 8.92. The van der Waals surface area contributed by atoms with E-state index in [0.717, 1.165) is 12.3 Å². The summed E-state index contributed by atoms with van der Waals surface area (Å²) >= 11 is 0. The molecule has 78 valence electrons. The predicted octanol–water partition coefficient (Wildman–Crippen LogP) is 1.91. The molecule has 0 aromatic carbocycles. The maximum absolute atomic E-state index is 10.2. The minimum absolute atomic E-state index is 0.472. The monoisotopic (exact) mass is 185 g/mol. The Bertz CT molecular complexity index is 156. The molecule has 2 nitrogen and oxygen atoms in total. The van der Waals surface area contributed by atoms with Crippen LogP contribution in [0.5, 0.6) is 0 Å². The molecule has 3 N–H and O–H groups in total. The van der Waals surface area contributed by atoms with E-state index >= 15 is 0 Å². The van der Waals surface area contributed by atoms with E-state index < -0.39 is 5.60 Å². The van der Waals surface area contributed by atoms with E-state index in [1.807, 2.05) is 6.92 Å². The molecule has 0 heterocycles. The van der Waals surface area contributed by atoms with Crippen LogP contribution in [-0.2, 0) is 0 Å². The first kappa shape index (κ1) is 11.0. The molecule has 1 aliphatic rings. The lowest BCUT2D eigenvalue weighted by atomic mass is 9.73. The maximum Gasteiger partial charge on any atom is 0.0659 e. The Balaban J connectivity index is 2.48. The molecule has 3 unspecified atom stereocenters. The van der Waals surface area contributed by atoms with Crippen molar-refractivity contribution in [3.8, 4) is 0 Å². The molecule has 0 aromatic heterocycles. The third-order valence-corrected chi connectivity index (χ3v) is 3.47. The molecular weight excluding hydrogens is 162 g/mol. The highest BCUT2D eigenvalue weighted by atomic mass is 16.3. The molecule has 1 saturated carbocycles. The third-order valence-electron chi connectivity index (χ3n) is 3.47. The van der Waals surface area contributed by atoms with Crippen molar-refractivity contribution in [1.82, 2.24) is 0 Å². The van der Waals surface area contributed by atoms with E-state index in [1.165, 1.54) is 25.7 Å². The highest BCUT2D eigenvalue weighted by Crippen LogP contribution is 2.36. The fourth-order valence-corrected chi connectivity index (χ4v) is 2.50. The Kier molecular flexibility index (Phi) is 3.74. The smallest absolute Gasteiger partial charge is 0.0659 e. The van der Waals surface area contributed by atoms with Gasteiger partial charge in [-0.2, -0.15) is 0 Å². The van der Waals surface area contributed by atoms with Gasteiger partial charge in [0.2, 0.25) is 0 Å². The fraction of sp³-hybridized carbons (Fsp3) is 1.00. The normalized spacial score (nSPS) is 34.2. The topological polar surface area (TPSA) is 46.2 Å². The first-order valence-electron chi connectivity index (χ1n) is 5.48. The fourth-order valence-electron chi connectivity index (χ4n) is 2.50.